The largest absolute Gasteiger partial charge is 0.550 e. The van der Waals surface area contributed by atoms with E-state index >= 15 is 0 Å². The van der Waals surface area contributed by atoms with Crippen molar-refractivity contribution in [3.63, 3.8) is 0 Å². The minimum absolute atomic E-state index is 0.333. The Morgan fingerprint density at radius 1 is 1.33 bits per heavy atom. The normalized spacial score (nSPS) is 18.7. The lowest BCUT2D eigenvalue weighted by molar-refractivity contribution is -0.305. The molecule has 0 bridgehead atoms. The van der Waals surface area contributed by atoms with Crippen molar-refractivity contribution >= 4 is 23.3 Å². The summed E-state index contributed by atoms with van der Waals surface area (Å²) in [5.74, 6) is -1.60. The summed E-state index contributed by atoms with van der Waals surface area (Å²) < 4.78 is 0. The number of nitrogens with one attached hydrogen (secondary N) is 2. The maximum Gasteiger partial charge on any atom is 0.247 e. The molecule has 0 saturated heterocycles. The lowest BCUT2D eigenvalue weighted by Gasteiger charge is -2.26. The average Bonchev–Trinajstić information content (AvgIpc) is 2.18. The molecule has 0 unspecified atom stereocenters. The summed E-state index contributed by atoms with van der Waals surface area (Å²) in [6.07, 6.45) is -0.333. The molecule has 0 spiro atoms. The summed E-state index contributed by atoms with van der Waals surface area (Å²) in [5, 5.41) is 15.9. The molecule has 5 nitrogen and oxygen atoms in total. The Morgan fingerprint density at radius 3 is 2.67 bits per heavy atom. The number of carbonyl (C=O) groups excluding carboxylic acids is 2. The molecule has 2 rings (SSSR count). The molecule has 1 aromatic carbocycles. The lowest BCUT2D eigenvalue weighted by atomic mass is 10.1. The molecule has 0 fully saturated rings. The fraction of sp³-hybridized carbons (Fsp3) is 0.200. The van der Waals surface area contributed by atoms with Gasteiger partial charge in [-0.2, -0.15) is 0 Å². The predicted molar refractivity (Wildman–Crippen MR) is 52.1 cm³/mol. The van der Waals surface area contributed by atoms with Gasteiger partial charge in [0.1, 0.15) is 6.04 Å². The van der Waals surface area contributed by atoms with Crippen LogP contribution in [0.15, 0.2) is 24.3 Å². The first-order chi connectivity index (χ1) is 7.16. The van der Waals surface area contributed by atoms with Crippen molar-refractivity contribution in [1.29, 1.82) is 0 Å². The smallest absolute Gasteiger partial charge is 0.247 e. The second-order valence-corrected chi connectivity index (χ2v) is 3.31. The van der Waals surface area contributed by atoms with Crippen LogP contribution in [0.2, 0.25) is 0 Å². The van der Waals surface area contributed by atoms with Gasteiger partial charge in [-0.15, -0.1) is 0 Å². The van der Waals surface area contributed by atoms with Crippen LogP contribution in [-0.4, -0.2) is 17.9 Å². The van der Waals surface area contributed by atoms with Gasteiger partial charge in [0.25, 0.3) is 0 Å². The van der Waals surface area contributed by atoms with E-state index in [-0.39, 0.29) is 12.3 Å². The van der Waals surface area contributed by atoms with Crippen LogP contribution in [0.5, 0.6) is 0 Å². The fourth-order valence-corrected chi connectivity index (χ4v) is 1.50. The van der Waals surface area contributed by atoms with E-state index in [2.05, 4.69) is 10.6 Å². The van der Waals surface area contributed by atoms with Gasteiger partial charge in [0.15, 0.2) is 0 Å². The fourth-order valence-electron chi connectivity index (χ4n) is 1.50. The minimum atomic E-state index is -1.25. The number of amides is 1. The third-order valence-corrected chi connectivity index (χ3v) is 2.20. The second kappa shape index (κ2) is 3.61. The quantitative estimate of drug-likeness (QED) is 0.685. The number of fused-ring (bicyclic) bond motifs is 1. The number of aliphatic carboxylic acids is 1. The molecule has 1 aliphatic rings. The number of carbonyl (C=O) groups is 2. The first-order valence-corrected chi connectivity index (χ1v) is 4.53. The topological polar surface area (TPSA) is 81.3 Å². The van der Waals surface area contributed by atoms with Crippen LogP contribution < -0.4 is 15.7 Å². The van der Waals surface area contributed by atoms with Crippen molar-refractivity contribution in [2.24, 2.45) is 0 Å². The van der Waals surface area contributed by atoms with Crippen molar-refractivity contribution in [2.75, 3.05) is 10.6 Å². The predicted octanol–water partition coefficient (Wildman–Crippen LogP) is -0.441. The molecular formula is C10H9N2O3-. The summed E-state index contributed by atoms with van der Waals surface area (Å²) in [4.78, 5) is 21.8. The van der Waals surface area contributed by atoms with Crippen molar-refractivity contribution in [1.82, 2.24) is 0 Å². The zero-order valence-corrected chi connectivity index (χ0v) is 7.82. The van der Waals surface area contributed by atoms with Gasteiger partial charge in [0.2, 0.25) is 5.91 Å². The van der Waals surface area contributed by atoms with Crippen LogP contribution in [0.1, 0.15) is 6.42 Å². The number of rotatable bonds is 2. The molecule has 5 heteroatoms. The number of para-hydroxylation sites is 2. The molecule has 0 saturated carbocycles. The third-order valence-electron chi connectivity index (χ3n) is 2.20. The zero-order valence-electron chi connectivity index (χ0n) is 7.82. The van der Waals surface area contributed by atoms with Crippen LogP contribution in [0, 0.1) is 0 Å². The Kier molecular flexibility index (Phi) is 2.29. The summed E-state index contributed by atoms with van der Waals surface area (Å²) >= 11 is 0. The molecule has 0 aliphatic carbocycles. The first-order valence-electron chi connectivity index (χ1n) is 4.53. The summed E-state index contributed by atoms with van der Waals surface area (Å²) in [6.45, 7) is 0. The highest BCUT2D eigenvalue weighted by atomic mass is 16.4. The van der Waals surface area contributed by atoms with Gasteiger partial charge in [-0.3, -0.25) is 4.79 Å². The number of anilines is 2. The highest BCUT2D eigenvalue weighted by molar-refractivity contribution is 6.04. The molecule has 15 heavy (non-hydrogen) atoms. The third kappa shape index (κ3) is 1.90. The van der Waals surface area contributed by atoms with E-state index in [4.69, 9.17) is 0 Å². The standard InChI is InChI=1S/C10H10N2O3/c13-9(14)5-8-10(15)12-7-4-2-1-3-6(7)11-8/h1-4,8,11H,5H2,(H,12,15)(H,13,14)/p-1/t8-/m0/s1. The Balaban J connectivity index is 2.22. The first kappa shape index (κ1) is 9.51. The van der Waals surface area contributed by atoms with E-state index in [1.54, 1.807) is 24.3 Å². The number of hydrogen-bond acceptors (Lipinski definition) is 4. The average molecular weight is 205 g/mol. The van der Waals surface area contributed by atoms with Crippen LogP contribution in [-0.2, 0) is 9.59 Å². The van der Waals surface area contributed by atoms with Gasteiger partial charge in [-0.1, -0.05) is 12.1 Å². The Hall–Kier alpha value is -2.04. The second-order valence-electron chi connectivity index (χ2n) is 3.31. The van der Waals surface area contributed by atoms with E-state index in [0.717, 1.165) is 5.69 Å². The van der Waals surface area contributed by atoms with Crippen molar-refractivity contribution in [2.45, 2.75) is 12.5 Å². The highest BCUT2D eigenvalue weighted by Gasteiger charge is 2.24. The van der Waals surface area contributed by atoms with Gasteiger partial charge < -0.3 is 20.5 Å². The van der Waals surface area contributed by atoms with Crippen LogP contribution in [0.3, 0.4) is 0 Å². The van der Waals surface area contributed by atoms with Gasteiger partial charge in [0, 0.05) is 12.4 Å². The van der Waals surface area contributed by atoms with E-state index in [1.165, 1.54) is 0 Å². The SMILES string of the molecule is O=C([O-])C[C@@H]1Nc2ccccc2NC1=O. The molecule has 2 N–H and O–H groups in total. The Morgan fingerprint density at radius 2 is 2.00 bits per heavy atom. The van der Waals surface area contributed by atoms with Crippen molar-refractivity contribution < 1.29 is 14.7 Å². The highest BCUT2D eigenvalue weighted by Crippen LogP contribution is 2.26. The van der Waals surface area contributed by atoms with Crippen LogP contribution in [0.4, 0.5) is 11.4 Å². The minimum Gasteiger partial charge on any atom is -0.550 e. The molecule has 1 aliphatic heterocycles. The summed E-state index contributed by atoms with van der Waals surface area (Å²) in [7, 11) is 0. The number of hydrogen-bond donors (Lipinski definition) is 2. The van der Waals surface area contributed by atoms with E-state index in [9.17, 15) is 14.7 Å². The van der Waals surface area contributed by atoms with Crippen LogP contribution >= 0.6 is 0 Å². The van der Waals surface area contributed by atoms with Crippen LogP contribution in [0.25, 0.3) is 0 Å². The Bertz CT molecular complexity index is 417. The van der Waals surface area contributed by atoms with Gasteiger partial charge in [0.05, 0.1) is 11.4 Å². The monoisotopic (exact) mass is 205 g/mol. The van der Waals surface area contributed by atoms with Crippen molar-refractivity contribution in [3.05, 3.63) is 24.3 Å². The van der Waals surface area contributed by atoms with Gasteiger partial charge in [-0.25, -0.2) is 0 Å². The van der Waals surface area contributed by atoms with E-state index < -0.39 is 12.0 Å². The maximum atomic E-state index is 11.4. The zero-order chi connectivity index (χ0) is 10.8. The molecule has 1 amide bonds. The molecule has 1 atom stereocenters. The van der Waals surface area contributed by atoms with E-state index in [0.29, 0.717) is 5.69 Å². The van der Waals surface area contributed by atoms with Gasteiger partial charge >= 0.3 is 0 Å². The molecule has 78 valence electrons. The number of benzene rings is 1. The van der Waals surface area contributed by atoms with Crippen molar-refractivity contribution in [3.8, 4) is 0 Å². The number of carboxylic acids is 1. The van der Waals surface area contributed by atoms with Gasteiger partial charge in [-0.05, 0) is 12.1 Å². The maximum absolute atomic E-state index is 11.4. The lowest BCUT2D eigenvalue weighted by Crippen LogP contribution is -2.42. The summed E-state index contributed by atoms with van der Waals surface area (Å²) in [5.41, 5.74) is 1.39. The van der Waals surface area contributed by atoms with E-state index in [1.807, 2.05) is 0 Å². The molecule has 1 aromatic rings. The molecular weight excluding hydrogens is 196 g/mol. The molecule has 1 heterocycles. The number of carboxylic acid groups (broad SMARTS) is 1. The molecule has 0 radical (unpaired) electrons. The Labute approximate surface area is 86.1 Å². The summed E-state index contributed by atoms with van der Waals surface area (Å²) in [6, 6.07) is 6.36. The molecule has 0 aromatic heterocycles.